The maximum Gasteiger partial charge on any atom is 0.317 e. The number of likely N-dealkylation sites (tertiary alicyclic amines) is 1. The molecule has 3 rings (SSSR count). The van der Waals surface area contributed by atoms with E-state index in [1.807, 2.05) is 23.6 Å². The average molecular weight is 330 g/mol. The summed E-state index contributed by atoms with van der Waals surface area (Å²) >= 11 is 0. The molecular formula is C17H26N6O. The summed E-state index contributed by atoms with van der Waals surface area (Å²) in [6, 6.07) is 0.444. The van der Waals surface area contributed by atoms with Crippen LogP contribution >= 0.6 is 0 Å². The molecule has 1 saturated heterocycles. The second kappa shape index (κ2) is 7.51. The van der Waals surface area contributed by atoms with Gasteiger partial charge >= 0.3 is 6.03 Å². The molecule has 24 heavy (non-hydrogen) atoms. The Morgan fingerprint density at radius 3 is 2.75 bits per heavy atom. The lowest BCUT2D eigenvalue weighted by atomic mass is 10.1. The highest BCUT2D eigenvalue weighted by Crippen LogP contribution is 2.21. The Morgan fingerprint density at radius 1 is 1.29 bits per heavy atom. The van der Waals surface area contributed by atoms with E-state index in [4.69, 9.17) is 0 Å². The maximum atomic E-state index is 12.4. The van der Waals surface area contributed by atoms with Gasteiger partial charge in [0.15, 0.2) is 0 Å². The Kier molecular flexibility index (Phi) is 5.17. The largest absolute Gasteiger partial charge is 0.334 e. The van der Waals surface area contributed by atoms with Crippen molar-refractivity contribution < 1.29 is 4.79 Å². The smallest absolute Gasteiger partial charge is 0.317 e. The zero-order chi connectivity index (χ0) is 16.9. The van der Waals surface area contributed by atoms with Crippen LogP contribution in [0.3, 0.4) is 0 Å². The molecule has 0 bridgehead atoms. The molecule has 0 aromatic carbocycles. The number of amides is 2. The standard InChI is InChI=1S/C17H26N6O/c1-14(2)12-22-10-6-19-16(22)11-20-17(24)21-7-3-15(4-8-21)23-9-5-18-13-23/h5-6,9-10,13-15H,3-4,7-8,11-12H2,1-2H3,(H,20,24). The van der Waals surface area contributed by atoms with E-state index < -0.39 is 0 Å². The van der Waals surface area contributed by atoms with Gasteiger partial charge in [0.1, 0.15) is 5.82 Å². The number of rotatable bonds is 5. The quantitative estimate of drug-likeness (QED) is 0.914. The highest BCUT2D eigenvalue weighted by Gasteiger charge is 2.23. The van der Waals surface area contributed by atoms with Crippen molar-refractivity contribution in [3.8, 4) is 0 Å². The van der Waals surface area contributed by atoms with Gasteiger partial charge in [0.25, 0.3) is 0 Å². The van der Waals surface area contributed by atoms with Crippen molar-refractivity contribution in [1.82, 2.24) is 29.3 Å². The molecule has 2 aromatic rings. The van der Waals surface area contributed by atoms with Gasteiger partial charge in [0.05, 0.1) is 12.9 Å². The zero-order valence-electron chi connectivity index (χ0n) is 14.4. The van der Waals surface area contributed by atoms with Crippen molar-refractivity contribution in [3.05, 3.63) is 36.9 Å². The lowest BCUT2D eigenvalue weighted by Gasteiger charge is -2.32. The molecule has 1 N–H and O–H groups in total. The third kappa shape index (κ3) is 3.96. The van der Waals surface area contributed by atoms with Gasteiger partial charge in [-0.25, -0.2) is 14.8 Å². The van der Waals surface area contributed by atoms with Gasteiger partial charge in [0.2, 0.25) is 0 Å². The SMILES string of the molecule is CC(C)Cn1ccnc1CNC(=O)N1CCC(n2ccnc2)CC1. The molecule has 3 heterocycles. The first-order valence-corrected chi connectivity index (χ1v) is 8.63. The zero-order valence-corrected chi connectivity index (χ0v) is 14.4. The van der Waals surface area contributed by atoms with Crippen LogP contribution in [0, 0.1) is 5.92 Å². The molecule has 0 spiro atoms. The van der Waals surface area contributed by atoms with Crippen LogP contribution in [0.4, 0.5) is 4.79 Å². The summed E-state index contributed by atoms with van der Waals surface area (Å²) < 4.78 is 4.24. The summed E-state index contributed by atoms with van der Waals surface area (Å²) in [6.07, 6.45) is 11.3. The van der Waals surface area contributed by atoms with E-state index in [1.54, 1.807) is 12.4 Å². The normalized spacial score (nSPS) is 15.9. The Bertz CT molecular complexity index is 640. The predicted molar refractivity (Wildman–Crippen MR) is 91.4 cm³/mol. The summed E-state index contributed by atoms with van der Waals surface area (Å²) in [4.78, 5) is 22.7. The van der Waals surface area contributed by atoms with E-state index in [-0.39, 0.29) is 6.03 Å². The fraction of sp³-hybridized carbons (Fsp3) is 0.588. The van der Waals surface area contributed by atoms with Crippen molar-refractivity contribution in [3.63, 3.8) is 0 Å². The lowest BCUT2D eigenvalue weighted by molar-refractivity contribution is 0.171. The number of hydrogen-bond donors (Lipinski definition) is 1. The topological polar surface area (TPSA) is 68.0 Å². The van der Waals surface area contributed by atoms with E-state index >= 15 is 0 Å². The van der Waals surface area contributed by atoms with Crippen molar-refractivity contribution in [2.75, 3.05) is 13.1 Å². The van der Waals surface area contributed by atoms with Crippen LogP contribution in [-0.4, -0.2) is 43.1 Å². The van der Waals surface area contributed by atoms with E-state index in [9.17, 15) is 4.79 Å². The van der Waals surface area contributed by atoms with Gasteiger partial charge in [0, 0.05) is 50.5 Å². The highest BCUT2D eigenvalue weighted by molar-refractivity contribution is 5.74. The van der Waals surface area contributed by atoms with Crippen LogP contribution in [0.5, 0.6) is 0 Å². The number of carbonyl (C=O) groups excluding carboxylic acids is 1. The summed E-state index contributed by atoms with van der Waals surface area (Å²) in [5, 5.41) is 3.00. The van der Waals surface area contributed by atoms with Crippen molar-refractivity contribution >= 4 is 6.03 Å². The van der Waals surface area contributed by atoms with Gasteiger partial charge in [-0.1, -0.05) is 13.8 Å². The van der Waals surface area contributed by atoms with Gasteiger partial charge < -0.3 is 19.4 Å². The van der Waals surface area contributed by atoms with Crippen molar-refractivity contribution in [2.45, 2.75) is 45.8 Å². The van der Waals surface area contributed by atoms with Crippen LogP contribution in [-0.2, 0) is 13.1 Å². The minimum absolute atomic E-state index is 0.00169. The molecule has 130 valence electrons. The third-order valence-electron chi connectivity index (χ3n) is 4.46. The summed E-state index contributed by atoms with van der Waals surface area (Å²) in [6.45, 7) is 7.28. The molecule has 0 saturated carbocycles. The molecule has 0 atom stereocenters. The number of imidazole rings is 2. The Morgan fingerprint density at radius 2 is 2.08 bits per heavy atom. The van der Waals surface area contributed by atoms with Crippen molar-refractivity contribution in [2.24, 2.45) is 5.92 Å². The van der Waals surface area contributed by atoms with Crippen molar-refractivity contribution in [1.29, 1.82) is 0 Å². The summed E-state index contributed by atoms with van der Waals surface area (Å²) in [5.74, 6) is 1.46. The molecular weight excluding hydrogens is 304 g/mol. The molecule has 1 aliphatic heterocycles. The fourth-order valence-electron chi connectivity index (χ4n) is 3.19. The molecule has 2 amide bonds. The van der Waals surface area contributed by atoms with E-state index in [0.29, 0.717) is 18.5 Å². The molecule has 7 nitrogen and oxygen atoms in total. The second-order valence-corrected chi connectivity index (χ2v) is 6.78. The average Bonchev–Trinajstić information content (AvgIpc) is 3.24. The molecule has 7 heteroatoms. The van der Waals surface area contributed by atoms with E-state index in [0.717, 1.165) is 38.3 Å². The number of aromatic nitrogens is 4. The lowest BCUT2D eigenvalue weighted by Crippen LogP contribution is -2.44. The number of carbonyl (C=O) groups is 1. The number of nitrogens with one attached hydrogen (secondary N) is 1. The predicted octanol–water partition coefficient (Wildman–Crippen LogP) is 2.28. The number of urea groups is 1. The second-order valence-electron chi connectivity index (χ2n) is 6.78. The van der Waals surface area contributed by atoms with Gasteiger partial charge in [-0.3, -0.25) is 0 Å². The van der Waals surface area contributed by atoms with Gasteiger partial charge in [-0.2, -0.15) is 0 Å². The minimum Gasteiger partial charge on any atom is -0.334 e. The molecule has 0 aliphatic carbocycles. The third-order valence-corrected chi connectivity index (χ3v) is 4.46. The molecule has 0 radical (unpaired) electrons. The Hall–Kier alpha value is -2.31. The van der Waals surface area contributed by atoms with Crippen LogP contribution in [0.25, 0.3) is 0 Å². The number of nitrogens with zero attached hydrogens (tertiary/aromatic N) is 5. The Balaban J connectivity index is 1.47. The van der Waals surface area contributed by atoms with Crippen LogP contribution in [0.15, 0.2) is 31.1 Å². The fourth-order valence-corrected chi connectivity index (χ4v) is 3.19. The van der Waals surface area contributed by atoms with Crippen LogP contribution in [0.1, 0.15) is 38.6 Å². The summed E-state index contributed by atoms with van der Waals surface area (Å²) in [5.41, 5.74) is 0. The number of hydrogen-bond acceptors (Lipinski definition) is 3. The first kappa shape index (κ1) is 16.5. The highest BCUT2D eigenvalue weighted by atomic mass is 16.2. The first-order chi connectivity index (χ1) is 11.6. The van der Waals surface area contributed by atoms with Gasteiger partial charge in [-0.05, 0) is 18.8 Å². The number of piperidine rings is 1. The Labute approximate surface area is 142 Å². The van der Waals surface area contributed by atoms with Gasteiger partial charge in [-0.15, -0.1) is 0 Å². The summed E-state index contributed by atoms with van der Waals surface area (Å²) in [7, 11) is 0. The first-order valence-electron chi connectivity index (χ1n) is 8.63. The molecule has 2 aromatic heterocycles. The van der Waals surface area contributed by atoms with E-state index in [2.05, 4.69) is 38.3 Å². The molecule has 1 aliphatic rings. The maximum absolute atomic E-state index is 12.4. The molecule has 0 unspecified atom stereocenters. The van der Waals surface area contributed by atoms with Crippen LogP contribution < -0.4 is 5.32 Å². The minimum atomic E-state index is -0.00169. The van der Waals surface area contributed by atoms with Crippen LogP contribution in [0.2, 0.25) is 0 Å². The monoisotopic (exact) mass is 330 g/mol. The van der Waals surface area contributed by atoms with E-state index in [1.165, 1.54) is 0 Å². The molecule has 1 fully saturated rings.